The minimum atomic E-state index is -0.242. The highest BCUT2D eigenvalue weighted by atomic mass is 35.5. The average molecular weight is 309 g/mol. The average Bonchev–Trinajstić information content (AvgIpc) is 2.42. The Balaban J connectivity index is 3.07. The SMILES string of the molecule is CC(C)CN(CCC#N)C(=O)c1nc(C(C)C)ncc1Cl. The fraction of sp³-hybridized carbons (Fsp3) is 0.600. The molecule has 0 aromatic carbocycles. The highest BCUT2D eigenvalue weighted by Crippen LogP contribution is 2.18. The third-order valence-electron chi connectivity index (χ3n) is 2.85. The molecule has 1 aromatic rings. The lowest BCUT2D eigenvalue weighted by molar-refractivity contribution is 0.0733. The summed E-state index contributed by atoms with van der Waals surface area (Å²) in [6.45, 7) is 8.91. The Bertz CT molecular complexity index is 537. The molecule has 0 bridgehead atoms. The molecule has 114 valence electrons. The molecular formula is C15H21ClN4O. The number of halogens is 1. The molecule has 0 N–H and O–H groups in total. The Morgan fingerprint density at radius 2 is 2.10 bits per heavy atom. The first-order chi connectivity index (χ1) is 9.86. The van der Waals surface area contributed by atoms with Gasteiger partial charge in [0.1, 0.15) is 5.82 Å². The third kappa shape index (κ3) is 4.98. The molecule has 21 heavy (non-hydrogen) atoms. The van der Waals surface area contributed by atoms with Crippen LogP contribution in [0.1, 0.15) is 56.3 Å². The van der Waals surface area contributed by atoms with E-state index in [9.17, 15) is 4.79 Å². The molecule has 0 aliphatic carbocycles. The molecule has 5 nitrogen and oxygen atoms in total. The van der Waals surface area contributed by atoms with Gasteiger partial charge < -0.3 is 4.90 Å². The van der Waals surface area contributed by atoms with Crippen LogP contribution in [0.4, 0.5) is 0 Å². The number of rotatable bonds is 6. The van der Waals surface area contributed by atoms with Gasteiger partial charge in [0.2, 0.25) is 0 Å². The topological polar surface area (TPSA) is 69.9 Å². The van der Waals surface area contributed by atoms with Gasteiger partial charge in [0, 0.05) is 19.0 Å². The summed E-state index contributed by atoms with van der Waals surface area (Å²) in [5, 5.41) is 8.98. The highest BCUT2D eigenvalue weighted by molar-refractivity contribution is 6.33. The first-order valence-corrected chi connectivity index (χ1v) is 7.43. The van der Waals surface area contributed by atoms with E-state index in [1.165, 1.54) is 6.20 Å². The van der Waals surface area contributed by atoms with Crippen molar-refractivity contribution in [1.29, 1.82) is 5.26 Å². The fourth-order valence-electron chi connectivity index (χ4n) is 1.86. The number of amides is 1. The van der Waals surface area contributed by atoms with Crippen molar-refractivity contribution in [2.24, 2.45) is 5.92 Å². The van der Waals surface area contributed by atoms with Crippen molar-refractivity contribution in [2.75, 3.05) is 13.1 Å². The molecule has 0 saturated heterocycles. The largest absolute Gasteiger partial charge is 0.336 e. The third-order valence-corrected chi connectivity index (χ3v) is 3.12. The normalized spacial score (nSPS) is 10.8. The van der Waals surface area contributed by atoms with Crippen LogP contribution in [0.2, 0.25) is 5.02 Å². The molecule has 0 aliphatic rings. The van der Waals surface area contributed by atoms with E-state index in [1.54, 1.807) is 4.90 Å². The molecule has 0 atom stereocenters. The van der Waals surface area contributed by atoms with Crippen molar-refractivity contribution in [3.63, 3.8) is 0 Å². The summed E-state index contributed by atoms with van der Waals surface area (Å²) >= 11 is 6.07. The molecule has 1 heterocycles. The molecule has 0 unspecified atom stereocenters. The number of hydrogen-bond donors (Lipinski definition) is 0. The molecular weight excluding hydrogens is 288 g/mol. The van der Waals surface area contributed by atoms with E-state index in [0.29, 0.717) is 24.8 Å². The molecule has 0 saturated carbocycles. The summed E-state index contributed by atoms with van der Waals surface area (Å²) in [7, 11) is 0. The Kier molecular flexibility index (Phi) is 6.57. The molecule has 1 aromatic heterocycles. The summed E-state index contributed by atoms with van der Waals surface area (Å²) in [5.41, 5.74) is 0.217. The van der Waals surface area contributed by atoms with Gasteiger partial charge in [-0.15, -0.1) is 0 Å². The molecule has 1 amide bonds. The maximum Gasteiger partial charge on any atom is 0.274 e. The predicted octanol–water partition coefficient (Wildman–Crippen LogP) is 3.27. The number of carbonyl (C=O) groups is 1. The lowest BCUT2D eigenvalue weighted by Gasteiger charge is -2.23. The summed E-state index contributed by atoms with van der Waals surface area (Å²) < 4.78 is 0. The fourth-order valence-corrected chi connectivity index (χ4v) is 2.03. The van der Waals surface area contributed by atoms with Crippen LogP contribution in [-0.4, -0.2) is 33.9 Å². The van der Waals surface area contributed by atoms with E-state index < -0.39 is 0 Å². The first kappa shape index (κ1) is 17.4. The Morgan fingerprint density at radius 3 is 2.62 bits per heavy atom. The van der Waals surface area contributed by atoms with Crippen molar-refractivity contribution in [1.82, 2.24) is 14.9 Å². The quantitative estimate of drug-likeness (QED) is 0.808. The zero-order valence-electron chi connectivity index (χ0n) is 12.9. The lowest BCUT2D eigenvalue weighted by Crippen LogP contribution is -2.36. The van der Waals surface area contributed by atoms with Gasteiger partial charge in [-0.2, -0.15) is 5.26 Å². The van der Waals surface area contributed by atoms with E-state index in [0.717, 1.165) is 0 Å². The minimum absolute atomic E-state index is 0.117. The van der Waals surface area contributed by atoms with Crippen molar-refractivity contribution in [2.45, 2.75) is 40.0 Å². The highest BCUT2D eigenvalue weighted by Gasteiger charge is 2.22. The second-order valence-corrected chi connectivity index (χ2v) is 6.04. The number of aromatic nitrogens is 2. The monoisotopic (exact) mass is 308 g/mol. The van der Waals surface area contributed by atoms with Gasteiger partial charge in [0.25, 0.3) is 5.91 Å². The van der Waals surface area contributed by atoms with Crippen molar-refractivity contribution in [3.8, 4) is 6.07 Å². The number of hydrogen-bond acceptors (Lipinski definition) is 4. The maximum atomic E-state index is 12.6. The summed E-state index contributed by atoms with van der Waals surface area (Å²) in [6, 6.07) is 2.06. The maximum absolute atomic E-state index is 12.6. The zero-order valence-corrected chi connectivity index (χ0v) is 13.7. The van der Waals surface area contributed by atoms with E-state index in [1.807, 2.05) is 27.7 Å². The Morgan fingerprint density at radius 1 is 1.43 bits per heavy atom. The first-order valence-electron chi connectivity index (χ1n) is 7.05. The second-order valence-electron chi connectivity index (χ2n) is 5.63. The zero-order chi connectivity index (χ0) is 16.0. The molecule has 0 radical (unpaired) electrons. The van der Waals surface area contributed by atoms with Crippen molar-refractivity contribution in [3.05, 3.63) is 22.7 Å². The van der Waals surface area contributed by atoms with Gasteiger partial charge >= 0.3 is 0 Å². The van der Waals surface area contributed by atoms with Gasteiger partial charge in [-0.3, -0.25) is 4.79 Å². The lowest BCUT2D eigenvalue weighted by atomic mass is 10.1. The van der Waals surface area contributed by atoms with E-state index >= 15 is 0 Å². The van der Waals surface area contributed by atoms with Gasteiger partial charge in [-0.05, 0) is 5.92 Å². The van der Waals surface area contributed by atoms with Crippen molar-refractivity contribution >= 4 is 17.5 Å². The Labute approximate surface area is 131 Å². The number of nitrogens with zero attached hydrogens (tertiary/aromatic N) is 4. The number of nitriles is 1. The van der Waals surface area contributed by atoms with Crippen LogP contribution in [0, 0.1) is 17.2 Å². The van der Waals surface area contributed by atoms with Crippen LogP contribution in [0.5, 0.6) is 0 Å². The molecule has 1 rings (SSSR count). The molecule has 0 fully saturated rings. The van der Waals surface area contributed by atoms with Crippen LogP contribution < -0.4 is 0 Å². The van der Waals surface area contributed by atoms with Crippen LogP contribution in [0.15, 0.2) is 6.20 Å². The van der Waals surface area contributed by atoms with Gasteiger partial charge in [-0.1, -0.05) is 39.3 Å². The number of carbonyl (C=O) groups excluding carboxylic acids is 1. The van der Waals surface area contributed by atoms with Gasteiger partial charge in [-0.25, -0.2) is 9.97 Å². The van der Waals surface area contributed by atoms with E-state index in [2.05, 4.69) is 16.0 Å². The van der Waals surface area contributed by atoms with Crippen LogP contribution in [-0.2, 0) is 0 Å². The van der Waals surface area contributed by atoms with E-state index in [-0.39, 0.29) is 29.0 Å². The standard InChI is InChI=1S/C15H21ClN4O/c1-10(2)9-20(7-5-6-17)15(21)13-12(16)8-18-14(19-13)11(3)4/h8,10-11H,5,7,9H2,1-4H3. The van der Waals surface area contributed by atoms with Crippen LogP contribution in [0.25, 0.3) is 0 Å². The van der Waals surface area contributed by atoms with E-state index in [4.69, 9.17) is 16.9 Å². The molecule has 0 spiro atoms. The van der Waals surface area contributed by atoms with Gasteiger partial charge in [0.05, 0.1) is 23.7 Å². The smallest absolute Gasteiger partial charge is 0.274 e. The van der Waals surface area contributed by atoms with Crippen molar-refractivity contribution < 1.29 is 4.79 Å². The molecule has 6 heteroatoms. The second kappa shape index (κ2) is 7.94. The predicted molar refractivity (Wildman–Crippen MR) is 82.1 cm³/mol. The van der Waals surface area contributed by atoms with Crippen LogP contribution >= 0.6 is 11.6 Å². The minimum Gasteiger partial charge on any atom is -0.336 e. The summed E-state index contributed by atoms with van der Waals surface area (Å²) in [6.07, 6.45) is 1.76. The molecule has 0 aliphatic heterocycles. The summed E-state index contributed by atoms with van der Waals surface area (Å²) in [4.78, 5) is 22.7. The van der Waals surface area contributed by atoms with Crippen LogP contribution in [0.3, 0.4) is 0 Å². The Hall–Kier alpha value is -1.67. The van der Waals surface area contributed by atoms with Gasteiger partial charge in [0.15, 0.2) is 5.69 Å². The summed E-state index contributed by atoms with van der Waals surface area (Å²) in [5.74, 6) is 0.769.